The lowest BCUT2D eigenvalue weighted by atomic mass is 10.0. The van der Waals surface area contributed by atoms with E-state index in [1.54, 1.807) is 26.0 Å². The van der Waals surface area contributed by atoms with E-state index in [-0.39, 0.29) is 24.5 Å². The Labute approximate surface area is 165 Å². The number of rotatable bonds is 6. The Balaban J connectivity index is 1.78. The molecule has 1 amide bonds. The molecule has 9 heteroatoms. The molecule has 29 heavy (non-hydrogen) atoms. The van der Waals surface area contributed by atoms with Gasteiger partial charge in [0, 0.05) is 30.4 Å². The van der Waals surface area contributed by atoms with Crippen molar-refractivity contribution in [2.24, 2.45) is 0 Å². The van der Waals surface area contributed by atoms with E-state index in [9.17, 15) is 18.8 Å². The second-order valence-electron chi connectivity index (χ2n) is 6.88. The highest BCUT2D eigenvalue weighted by Crippen LogP contribution is 2.18. The monoisotopic (exact) mass is 397 g/mol. The predicted octanol–water partition coefficient (Wildman–Crippen LogP) is 1.16. The summed E-state index contributed by atoms with van der Waals surface area (Å²) in [6.45, 7) is 3.49. The van der Waals surface area contributed by atoms with Crippen LogP contribution in [0.25, 0.3) is 11.3 Å². The Morgan fingerprint density at radius 1 is 1.07 bits per heavy atom. The highest BCUT2D eigenvalue weighted by molar-refractivity contribution is 5.83. The van der Waals surface area contributed by atoms with Crippen LogP contribution in [-0.4, -0.2) is 32.0 Å². The third-order valence-electron chi connectivity index (χ3n) is 4.42. The maximum Gasteiger partial charge on any atom is 0.267 e. The Hall–Kier alpha value is -3.62. The third-order valence-corrected chi connectivity index (χ3v) is 4.42. The van der Waals surface area contributed by atoms with Gasteiger partial charge in [0.2, 0.25) is 5.91 Å². The van der Waals surface area contributed by atoms with Crippen molar-refractivity contribution >= 4 is 5.91 Å². The molecule has 0 fully saturated rings. The highest BCUT2D eigenvalue weighted by Gasteiger charge is 2.32. The average molecular weight is 397 g/mol. The van der Waals surface area contributed by atoms with E-state index < -0.39 is 17.0 Å². The van der Waals surface area contributed by atoms with Crippen LogP contribution in [0.3, 0.4) is 0 Å². The zero-order chi connectivity index (χ0) is 21.0. The number of benzene rings is 1. The summed E-state index contributed by atoms with van der Waals surface area (Å²) in [5, 5.41) is 10.9. The summed E-state index contributed by atoms with van der Waals surface area (Å²) in [5.74, 6) is -0.818. The van der Waals surface area contributed by atoms with Crippen LogP contribution in [0.2, 0.25) is 0 Å². The summed E-state index contributed by atoms with van der Waals surface area (Å²) in [7, 11) is 0. The molecule has 1 aromatic carbocycles. The fourth-order valence-electron chi connectivity index (χ4n) is 2.73. The lowest BCUT2D eigenvalue weighted by molar-refractivity contribution is -0.129. The smallest absolute Gasteiger partial charge is 0.267 e. The van der Waals surface area contributed by atoms with Gasteiger partial charge >= 0.3 is 0 Å². The van der Waals surface area contributed by atoms with Crippen molar-refractivity contribution in [3.63, 3.8) is 0 Å². The number of hydrogen-bond acceptors (Lipinski definition) is 5. The van der Waals surface area contributed by atoms with E-state index in [0.29, 0.717) is 11.3 Å². The summed E-state index contributed by atoms with van der Waals surface area (Å²) in [5.41, 5.74) is -0.957. The second kappa shape index (κ2) is 8.17. The van der Waals surface area contributed by atoms with Gasteiger partial charge in [0.05, 0.1) is 12.2 Å². The first-order chi connectivity index (χ1) is 13.8. The minimum Gasteiger partial charge on any atom is -0.352 e. The summed E-state index contributed by atoms with van der Waals surface area (Å²) < 4.78 is 15.5. The molecule has 3 rings (SSSR count). The third kappa shape index (κ3) is 4.45. The largest absolute Gasteiger partial charge is 0.352 e. The van der Waals surface area contributed by atoms with Crippen molar-refractivity contribution < 1.29 is 9.18 Å². The lowest BCUT2D eigenvalue weighted by Gasteiger charge is -2.25. The van der Waals surface area contributed by atoms with E-state index in [1.165, 1.54) is 47.3 Å². The topological polar surface area (TPSA) is 98.9 Å². The first-order valence-corrected chi connectivity index (χ1v) is 8.96. The van der Waals surface area contributed by atoms with E-state index in [4.69, 9.17) is 0 Å². The van der Waals surface area contributed by atoms with Gasteiger partial charge < -0.3 is 5.32 Å². The molecule has 0 radical (unpaired) electrons. The molecule has 1 N–H and O–H groups in total. The number of nitrogens with one attached hydrogen (secondary N) is 1. The van der Waals surface area contributed by atoms with E-state index in [2.05, 4.69) is 15.5 Å². The van der Waals surface area contributed by atoms with Gasteiger partial charge in [-0.3, -0.25) is 14.4 Å². The van der Waals surface area contributed by atoms with Crippen molar-refractivity contribution in [3.8, 4) is 11.3 Å². The number of amides is 1. The first-order valence-electron chi connectivity index (χ1n) is 8.96. The minimum absolute atomic E-state index is 0.158. The van der Waals surface area contributed by atoms with Crippen molar-refractivity contribution in [2.75, 3.05) is 6.54 Å². The molecule has 0 unspecified atom stereocenters. The molecular formula is C20H20FN5O3. The van der Waals surface area contributed by atoms with Gasteiger partial charge in [-0.1, -0.05) is 0 Å². The number of aromatic nitrogens is 4. The van der Waals surface area contributed by atoms with Gasteiger partial charge in [-0.25, -0.2) is 13.8 Å². The summed E-state index contributed by atoms with van der Waals surface area (Å²) in [4.78, 5) is 36.7. The van der Waals surface area contributed by atoms with Crippen molar-refractivity contribution in [1.29, 1.82) is 0 Å². The SMILES string of the molecule is CC(C)(C(=O)NCCn1ncccc1=O)n1nc(-c2ccc(F)cc2)ccc1=O. The fraction of sp³-hybridized carbons (Fsp3) is 0.250. The van der Waals surface area contributed by atoms with Crippen LogP contribution in [0.1, 0.15) is 13.8 Å². The quantitative estimate of drug-likeness (QED) is 0.673. The van der Waals surface area contributed by atoms with Crippen LogP contribution in [0, 0.1) is 5.82 Å². The molecule has 0 aliphatic heterocycles. The molecule has 0 saturated heterocycles. The van der Waals surface area contributed by atoms with Crippen molar-refractivity contribution in [3.05, 3.63) is 81.3 Å². The molecule has 0 spiro atoms. The maximum atomic E-state index is 13.2. The number of carbonyl (C=O) groups excluding carboxylic acids is 1. The number of carbonyl (C=O) groups is 1. The Kier molecular flexibility index (Phi) is 5.67. The highest BCUT2D eigenvalue weighted by atomic mass is 19.1. The second-order valence-corrected chi connectivity index (χ2v) is 6.88. The molecular weight excluding hydrogens is 377 g/mol. The van der Waals surface area contributed by atoms with Gasteiger partial charge in [0.15, 0.2) is 0 Å². The number of halogens is 1. The molecule has 0 atom stereocenters. The summed E-state index contributed by atoms with van der Waals surface area (Å²) >= 11 is 0. The lowest BCUT2D eigenvalue weighted by Crippen LogP contribution is -2.50. The molecule has 2 aromatic heterocycles. The van der Waals surface area contributed by atoms with Crippen LogP contribution in [0.5, 0.6) is 0 Å². The van der Waals surface area contributed by atoms with Crippen molar-refractivity contribution in [2.45, 2.75) is 25.9 Å². The normalized spacial score (nSPS) is 11.3. The zero-order valence-corrected chi connectivity index (χ0v) is 16.0. The van der Waals surface area contributed by atoms with Crippen LogP contribution in [-0.2, 0) is 16.9 Å². The van der Waals surface area contributed by atoms with Crippen LogP contribution in [0.15, 0.2) is 64.3 Å². The van der Waals surface area contributed by atoms with Gasteiger partial charge in [-0.15, -0.1) is 0 Å². The Morgan fingerprint density at radius 2 is 1.79 bits per heavy atom. The van der Waals surface area contributed by atoms with E-state index >= 15 is 0 Å². The van der Waals surface area contributed by atoms with Gasteiger partial charge in [0.1, 0.15) is 11.4 Å². The number of nitrogens with zero attached hydrogens (tertiary/aromatic N) is 4. The minimum atomic E-state index is -1.29. The van der Waals surface area contributed by atoms with Gasteiger partial charge in [-0.05, 0) is 50.2 Å². The maximum absolute atomic E-state index is 13.2. The molecule has 0 aliphatic carbocycles. The molecule has 3 aromatic rings. The summed E-state index contributed by atoms with van der Waals surface area (Å²) in [6, 6.07) is 11.4. The molecule has 2 heterocycles. The van der Waals surface area contributed by atoms with Gasteiger partial charge in [0.25, 0.3) is 11.1 Å². The van der Waals surface area contributed by atoms with Crippen molar-refractivity contribution in [1.82, 2.24) is 24.9 Å². The average Bonchev–Trinajstić information content (AvgIpc) is 2.70. The Morgan fingerprint density at radius 3 is 2.48 bits per heavy atom. The van der Waals surface area contributed by atoms with Crippen LogP contribution >= 0.6 is 0 Å². The molecule has 0 aliphatic rings. The molecule has 150 valence electrons. The standard InChI is InChI=1S/C20H20FN5O3/c1-20(2,19(29)22-12-13-25-17(27)4-3-11-23-25)26-18(28)10-9-16(24-26)14-5-7-15(21)8-6-14/h3-11H,12-13H2,1-2H3,(H,22,29). The van der Waals surface area contributed by atoms with Crippen LogP contribution < -0.4 is 16.4 Å². The fourth-order valence-corrected chi connectivity index (χ4v) is 2.73. The van der Waals surface area contributed by atoms with E-state index in [1.807, 2.05) is 0 Å². The number of hydrogen-bond donors (Lipinski definition) is 1. The summed E-state index contributed by atoms with van der Waals surface area (Å²) in [6.07, 6.45) is 1.48. The van der Waals surface area contributed by atoms with Crippen LogP contribution in [0.4, 0.5) is 4.39 Å². The molecule has 0 saturated carbocycles. The zero-order valence-electron chi connectivity index (χ0n) is 16.0. The first kappa shape index (κ1) is 20.1. The predicted molar refractivity (Wildman–Crippen MR) is 105 cm³/mol. The Bertz CT molecular complexity index is 1140. The van der Waals surface area contributed by atoms with E-state index in [0.717, 1.165) is 4.68 Å². The molecule has 0 bridgehead atoms. The van der Waals surface area contributed by atoms with Gasteiger partial charge in [-0.2, -0.15) is 10.2 Å². The molecule has 8 nitrogen and oxygen atoms in total.